The normalized spacial score (nSPS) is 37.7. The minimum absolute atomic E-state index is 0. The van der Waals surface area contributed by atoms with Gasteiger partial charge in [0, 0.05) is 8.07 Å². The molecule has 0 amide bonds. The summed E-state index contributed by atoms with van der Waals surface area (Å²) in [6.07, 6.45) is 57.9. The van der Waals surface area contributed by atoms with Crippen molar-refractivity contribution in [1.29, 1.82) is 0 Å². The minimum atomic E-state index is -0.924. The summed E-state index contributed by atoms with van der Waals surface area (Å²) in [6, 6.07) is 10.5. The Kier molecular flexibility index (Phi) is 103. The summed E-state index contributed by atoms with van der Waals surface area (Å²) < 4.78 is 0. The fourth-order valence-corrected chi connectivity index (χ4v) is 30.2. The van der Waals surface area contributed by atoms with E-state index in [0.717, 1.165) is 231 Å². The van der Waals surface area contributed by atoms with Crippen LogP contribution in [0.4, 0.5) is 0 Å². The molecular formula is C135H250Hf4SiZr. The molecule has 13 fully saturated rings. The van der Waals surface area contributed by atoms with Crippen LogP contribution in [0.3, 0.4) is 0 Å². The zero-order chi connectivity index (χ0) is 84.8. The van der Waals surface area contributed by atoms with Crippen LogP contribution in [0.25, 0.3) is 6.08 Å². The molecule has 0 aliphatic heterocycles. The first kappa shape index (κ1) is 178. The van der Waals surface area contributed by atoms with Crippen molar-refractivity contribution in [3.63, 3.8) is 0 Å². The first-order chi connectivity index (χ1) is 54.8. The van der Waals surface area contributed by atoms with Gasteiger partial charge in [-0.05, 0) is 397 Å². The van der Waals surface area contributed by atoms with Crippen molar-refractivity contribution in [2.75, 3.05) is 0 Å². The fraction of sp³-hybridized carbons (Fsp3) is 0.674. The van der Waals surface area contributed by atoms with E-state index >= 15 is 0 Å². The Morgan fingerprint density at radius 3 is 0.723 bits per heavy atom. The second-order valence-electron chi connectivity index (χ2n) is 46.9. The second kappa shape index (κ2) is 81.1. The van der Waals surface area contributed by atoms with E-state index in [-0.39, 0.29) is 278 Å². The van der Waals surface area contributed by atoms with Crippen LogP contribution < -0.4 is 0 Å². The second-order valence-corrected chi connectivity index (χ2v) is 52.4. The molecule has 14 atom stereocenters. The molecule has 1 aromatic rings. The van der Waals surface area contributed by atoms with Gasteiger partial charge in [-0.1, -0.05) is 323 Å². The van der Waals surface area contributed by atoms with Gasteiger partial charge in [-0.3, -0.25) is 0 Å². The van der Waals surface area contributed by atoms with E-state index in [1.807, 2.05) is 0 Å². The Balaban J connectivity index is -0.0000000867. The predicted molar refractivity (Wildman–Crippen MR) is 645 cm³/mol. The van der Waals surface area contributed by atoms with E-state index in [1.165, 1.54) is 140 Å². The summed E-state index contributed by atoms with van der Waals surface area (Å²) in [5, 5.41) is 0. The molecule has 0 saturated heterocycles. The molecule has 0 radical (unpaired) electrons. The molecular weight excluding hydrogens is 2450 g/mol. The monoisotopic (exact) mass is 2710 g/mol. The van der Waals surface area contributed by atoms with Crippen molar-refractivity contribution in [2.45, 2.75) is 354 Å². The molecule has 141 heavy (non-hydrogen) atoms. The quantitative estimate of drug-likeness (QED) is 0.205. The largest absolute Gasteiger partial charge is 4.00 e. The molecule has 0 nitrogen and oxygen atoms in total. The molecule has 0 N–H and O–H groups in total. The van der Waals surface area contributed by atoms with Gasteiger partial charge in [0.15, 0.2) is 0 Å². The van der Waals surface area contributed by atoms with Crippen LogP contribution in [0.2, 0.25) is 25.7 Å². The van der Waals surface area contributed by atoms with E-state index in [1.54, 1.807) is 39.0 Å². The standard InChI is InChI=1S/C17H24Si.2C13H18.C12H16.C10H14.5C10H20.20CH3.4Hf.Zr/c1-18(2,3)12-14-9-11-17-15-7-5-4-6-13(15)8-10-16(14)17;2*1-9-5-6-12-7-10-3-2-4-11(10)8-13(9)12;1-3-9-7-11-5-2-6-12(11)8-10(9)4-1;1-8-6-7-9-4-2-3-5-10(8)9;5*1-6-7(2)9(4)10(5)8(6)3;;;;;;;;;;;;;;;;;;;;;;;;;/h4-8,10,14,16-17H,9,11-12H2,1-3H3;2*7-9,12-13H,2-6H2,1H3;7-10H,1-6H2;2-5,8-10H,6-7H2,1H3;5*6-10H,1-5H3;20*1H3;;;;;/q;;;;;;;;;;20*-1;5*+4. The molecule has 13 saturated carbocycles. The number of allylic oxidation sites excluding steroid dienone is 17. The fourth-order valence-electron chi connectivity index (χ4n) is 28.1. The Hall–Kier alpha value is 1.46. The van der Waals surface area contributed by atoms with Gasteiger partial charge in [0.2, 0.25) is 0 Å². The van der Waals surface area contributed by atoms with Crippen LogP contribution in [0.5, 0.6) is 0 Å². The predicted octanol–water partition coefficient (Wildman–Crippen LogP) is 43.7. The van der Waals surface area contributed by atoms with Crippen molar-refractivity contribution in [3.8, 4) is 0 Å². The van der Waals surface area contributed by atoms with E-state index in [4.69, 9.17) is 0 Å². The minimum Gasteiger partial charge on any atom is -0.358 e. The zero-order valence-electron chi connectivity index (χ0n) is 105. The average Bonchev–Trinajstić information content (AvgIpc) is 1.64. The topological polar surface area (TPSA) is 0 Å². The Labute approximate surface area is 996 Å². The van der Waals surface area contributed by atoms with Crippen LogP contribution in [0.1, 0.15) is 339 Å². The maximum Gasteiger partial charge on any atom is 4.00 e. The molecule has 0 spiro atoms. The van der Waals surface area contributed by atoms with Crippen molar-refractivity contribution < 1.29 is 130 Å². The number of hydrogen-bond donors (Lipinski definition) is 0. The average molecular weight is 2710 g/mol. The number of rotatable bonds is 2. The van der Waals surface area contributed by atoms with Gasteiger partial charge in [0.05, 0.1) is 0 Å². The van der Waals surface area contributed by atoms with E-state index in [2.05, 4.69) is 311 Å². The Morgan fingerprint density at radius 1 is 0.227 bits per heavy atom. The number of fused-ring (bicyclic) bond motifs is 10. The van der Waals surface area contributed by atoms with Gasteiger partial charge >= 0.3 is 130 Å². The van der Waals surface area contributed by atoms with Crippen molar-refractivity contribution in [2.24, 2.45) is 225 Å². The zero-order valence-corrected chi connectivity index (χ0v) is 122. The molecule has 0 heterocycles. The third-order valence-electron chi connectivity index (χ3n) is 40.5. The number of hydrogen-bond acceptors (Lipinski definition) is 0. The summed E-state index contributed by atoms with van der Waals surface area (Å²) in [4.78, 5) is 0. The maximum absolute atomic E-state index is 2.62. The summed E-state index contributed by atoms with van der Waals surface area (Å²) in [7, 11) is -0.924. The summed E-state index contributed by atoms with van der Waals surface area (Å²) in [6.45, 7) is 74.7. The van der Waals surface area contributed by atoms with Gasteiger partial charge in [-0.25, -0.2) is 0 Å². The van der Waals surface area contributed by atoms with Gasteiger partial charge < -0.3 is 149 Å². The van der Waals surface area contributed by atoms with Gasteiger partial charge in [0.1, 0.15) is 0 Å². The van der Waals surface area contributed by atoms with Crippen LogP contribution in [-0.4, -0.2) is 8.07 Å². The molecule has 6 heteroatoms. The molecule has 0 bridgehead atoms. The molecule has 14 unspecified atom stereocenters. The third kappa shape index (κ3) is 44.2. The molecule has 0 aromatic heterocycles. The summed E-state index contributed by atoms with van der Waals surface area (Å²) >= 11 is 0. The summed E-state index contributed by atoms with van der Waals surface area (Å²) in [5.41, 5.74) is 13.3. The van der Waals surface area contributed by atoms with Crippen LogP contribution >= 0.6 is 0 Å². The van der Waals surface area contributed by atoms with E-state index < -0.39 is 8.07 Å². The van der Waals surface area contributed by atoms with E-state index in [0.29, 0.717) is 0 Å². The number of benzene rings is 1. The Morgan fingerprint density at radius 2 is 0.461 bits per heavy atom. The third-order valence-corrected chi connectivity index (χ3v) is 42.2. The molecule has 18 aliphatic carbocycles. The molecule has 18 aliphatic rings. The van der Waals surface area contributed by atoms with Crippen molar-refractivity contribution >= 4 is 14.1 Å². The van der Waals surface area contributed by atoms with Crippen molar-refractivity contribution in [3.05, 3.63) is 284 Å². The van der Waals surface area contributed by atoms with Crippen molar-refractivity contribution in [1.82, 2.24) is 0 Å². The summed E-state index contributed by atoms with van der Waals surface area (Å²) in [5.74, 6) is 36.0. The Bertz CT molecular complexity index is 3070. The first-order valence-corrected chi connectivity index (χ1v) is 54.9. The van der Waals surface area contributed by atoms with Crippen LogP contribution in [0, 0.1) is 373 Å². The van der Waals surface area contributed by atoms with Crippen LogP contribution in [0.15, 0.2) is 125 Å². The first-order valence-electron chi connectivity index (χ1n) is 51.2. The maximum atomic E-state index is 2.62. The van der Waals surface area contributed by atoms with E-state index in [9.17, 15) is 0 Å². The van der Waals surface area contributed by atoms with Gasteiger partial charge in [-0.15, -0.1) is 0 Å². The smallest absolute Gasteiger partial charge is 0.358 e. The van der Waals surface area contributed by atoms with Gasteiger partial charge in [-0.2, -0.15) is 0 Å². The molecule has 814 valence electrons. The SMILES string of the molecule is C1=C2CCCC2=CC2CCCC12.CC1C(C)C(C)C(C)C1C.CC1C(C)C(C)C(C)C1C.CC1C(C)C(C)C(C)C1C.CC1C(C)C(C)C(C)C1C.CC1C(C)C(C)C(C)C1C.CC1CCC2C=C3CCCC3=CC12.CC1CCC2C=C3CCCC3=CC12.CC1CCC2C=CC=CC12.C[Si](C)(C)CC1CCC2c3ccccc3C=CC12.[CH3-].[CH3-].[CH3-].[CH3-].[CH3-].[CH3-].[CH3-].[CH3-].[CH3-].[CH3-].[CH3-].[CH3-].[CH3-].[CH3-].[CH3-].[CH3-].[CH3-].[CH3-].[CH3-].[CH3-].[Hf+4].[Hf+4].[Hf+4].[Hf+4].[Zr+4]. The van der Waals surface area contributed by atoms with Crippen LogP contribution in [-0.2, 0) is 130 Å². The molecule has 19 rings (SSSR count). The molecule has 1 aromatic carbocycles. The van der Waals surface area contributed by atoms with Gasteiger partial charge in [0.25, 0.3) is 0 Å².